The van der Waals surface area contributed by atoms with Crippen LogP contribution in [0.25, 0.3) is 0 Å². The van der Waals surface area contributed by atoms with Crippen LogP contribution in [0, 0.1) is 5.82 Å². The molecule has 0 radical (unpaired) electrons. The van der Waals surface area contributed by atoms with Gasteiger partial charge in [0.2, 0.25) is 0 Å². The van der Waals surface area contributed by atoms with Crippen molar-refractivity contribution >= 4 is 27.3 Å². The van der Waals surface area contributed by atoms with Gasteiger partial charge in [-0.1, -0.05) is 6.07 Å². The Morgan fingerprint density at radius 1 is 1.42 bits per heavy atom. The smallest absolute Gasteiger partial charge is 0.131 e. The first-order valence-electron chi connectivity index (χ1n) is 5.93. The zero-order valence-corrected chi connectivity index (χ0v) is 13.1. The molecule has 1 aromatic heterocycles. The van der Waals surface area contributed by atoms with E-state index in [0.29, 0.717) is 17.9 Å². The molecule has 2 nitrogen and oxygen atoms in total. The van der Waals surface area contributed by atoms with Gasteiger partial charge >= 0.3 is 0 Å². The predicted molar refractivity (Wildman–Crippen MR) is 80.2 cm³/mol. The molecular weight excluding hydrogens is 329 g/mol. The molecule has 102 valence electrons. The summed E-state index contributed by atoms with van der Waals surface area (Å²) in [6.45, 7) is 2.36. The average molecular weight is 344 g/mol. The van der Waals surface area contributed by atoms with E-state index in [4.69, 9.17) is 4.74 Å². The third-order valence-corrected chi connectivity index (χ3v) is 4.83. The van der Waals surface area contributed by atoms with E-state index in [2.05, 4.69) is 21.2 Å². The minimum absolute atomic E-state index is 0.0134. The minimum Gasteiger partial charge on any atom is -0.488 e. The van der Waals surface area contributed by atoms with E-state index < -0.39 is 0 Å². The molecule has 0 fully saturated rings. The van der Waals surface area contributed by atoms with Crippen molar-refractivity contribution in [2.75, 3.05) is 7.05 Å². The summed E-state index contributed by atoms with van der Waals surface area (Å²) >= 11 is 5.05. The molecule has 1 N–H and O–H groups in total. The highest BCUT2D eigenvalue weighted by Gasteiger charge is 2.10. The Morgan fingerprint density at radius 3 is 2.79 bits per heavy atom. The maximum atomic E-state index is 13.9. The van der Waals surface area contributed by atoms with Crippen molar-refractivity contribution < 1.29 is 9.13 Å². The summed E-state index contributed by atoms with van der Waals surface area (Å²) in [5.41, 5.74) is 0.646. The van der Waals surface area contributed by atoms with Crippen LogP contribution >= 0.6 is 27.3 Å². The SMILES string of the molecule is CNC(C)c1ccc(OCc2sccc2Br)cc1F. The molecule has 0 saturated heterocycles. The highest BCUT2D eigenvalue weighted by atomic mass is 79.9. The summed E-state index contributed by atoms with van der Waals surface area (Å²) in [7, 11) is 1.81. The Hall–Kier alpha value is -0.910. The number of thiophene rings is 1. The lowest BCUT2D eigenvalue weighted by Gasteiger charge is -2.13. The first-order chi connectivity index (χ1) is 9.11. The molecule has 1 unspecified atom stereocenters. The Balaban J connectivity index is 2.06. The van der Waals surface area contributed by atoms with Gasteiger partial charge in [-0.25, -0.2) is 4.39 Å². The number of halogens is 2. The fourth-order valence-corrected chi connectivity index (χ4v) is 3.06. The summed E-state index contributed by atoms with van der Waals surface area (Å²) < 4.78 is 20.5. The van der Waals surface area contributed by atoms with Gasteiger partial charge in [-0.05, 0) is 47.4 Å². The molecule has 0 saturated carbocycles. The first kappa shape index (κ1) is 14.5. The Morgan fingerprint density at radius 2 is 2.21 bits per heavy atom. The molecule has 0 amide bonds. The fraction of sp³-hybridized carbons (Fsp3) is 0.286. The van der Waals surface area contributed by atoms with Crippen molar-refractivity contribution in [1.29, 1.82) is 0 Å². The van der Waals surface area contributed by atoms with Gasteiger partial charge < -0.3 is 10.1 Å². The minimum atomic E-state index is -0.246. The van der Waals surface area contributed by atoms with Crippen LogP contribution < -0.4 is 10.1 Å². The van der Waals surface area contributed by atoms with Crippen LogP contribution in [0.4, 0.5) is 4.39 Å². The third kappa shape index (κ3) is 3.55. The molecule has 0 aliphatic carbocycles. The largest absolute Gasteiger partial charge is 0.488 e. The average Bonchev–Trinajstić information content (AvgIpc) is 2.81. The summed E-state index contributed by atoms with van der Waals surface area (Å²) in [6, 6.07) is 6.95. The van der Waals surface area contributed by atoms with Crippen molar-refractivity contribution in [1.82, 2.24) is 5.32 Å². The molecule has 1 atom stereocenters. The lowest BCUT2D eigenvalue weighted by atomic mass is 10.1. The van der Waals surface area contributed by atoms with Gasteiger partial charge in [0.25, 0.3) is 0 Å². The van der Waals surface area contributed by atoms with Crippen LogP contribution in [-0.4, -0.2) is 7.05 Å². The van der Waals surface area contributed by atoms with Crippen LogP contribution in [0.3, 0.4) is 0 Å². The van der Waals surface area contributed by atoms with Gasteiger partial charge in [0, 0.05) is 22.1 Å². The van der Waals surface area contributed by atoms with E-state index in [9.17, 15) is 4.39 Å². The van der Waals surface area contributed by atoms with Crippen LogP contribution in [0.1, 0.15) is 23.4 Å². The second kappa shape index (κ2) is 6.50. The molecule has 0 spiro atoms. The van der Waals surface area contributed by atoms with Gasteiger partial charge in [0.15, 0.2) is 0 Å². The molecule has 5 heteroatoms. The monoisotopic (exact) mass is 343 g/mol. The Bertz CT molecular complexity index is 558. The quantitative estimate of drug-likeness (QED) is 0.862. The van der Waals surface area contributed by atoms with Crippen LogP contribution in [0.5, 0.6) is 5.75 Å². The van der Waals surface area contributed by atoms with E-state index in [1.165, 1.54) is 6.07 Å². The molecule has 1 aromatic carbocycles. The van der Waals surface area contributed by atoms with Crippen molar-refractivity contribution in [3.05, 3.63) is 50.4 Å². The van der Waals surface area contributed by atoms with E-state index >= 15 is 0 Å². The predicted octanol–water partition coefficient (Wildman–Crippen LogP) is 4.51. The summed E-state index contributed by atoms with van der Waals surface area (Å²) in [6.07, 6.45) is 0. The number of hydrogen-bond acceptors (Lipinski definition) is 3. The topological polar surface area (TPSA) is 21.3 Å². The maximum absolute atomic E-state index is 13.9. The number of hydrogen-bond donors (Lipinski definition) is 1. The molecule has 0 aliphatic heterocycles. The molecule has 2 rings (SSSR count). The highest BCUT2D eigenvalue weighted by molar-refractivity contribution is 9.10. The second-order valence-corrected chi connectivity index (χ2v) is 6.03. The third-order valence-electron chi connectivity index (χ3n) is 2.93. The van der Waals surface area contributed by atoms with E-state index in [1.807, 2.05) is 25.4 Å². The van der Waals surface area contributed by atoms with Gasteiger partial charge in [0.05, 0.1) is 4.88 Å². The van der Waals surface area contributed by atoms with Crippen LogP contribution in [-0.2, 0) is 6.61 Å². The molecule has 0 aliphatic rings. The zero-order valence-electron chi connectivity index (χ0n) is 10.7. The molecule has 19 heavy (non-hydrogen) atoms. The normalized spacial score (nSPS) is 12.4. The van der Waals surface area contributed by atoms with Gasteiger partial charge in [-0.2, -0.15) is 0 Å². The maximum Gasteiger partial charge on any atom is 0.131 e. The van der Waals surface area contributed by atoms with Crippen molar-refractivity contribution in [2.45, 2.75) is 19.6 Å². The van der Waals surface area contributed by atoms with Crippen LogP contribution in [0.15, 0.2) is 34.1 Å². The van der Waals surface area contributed by atoms with Gasteiger partial charge in [-0.15, -0.1) is 11.3 Å². The summed E-state index contributed by atoms with van der Waals surface area (Å²) in [5, 5.41) is 5.01. The molecule has 1 heterocycles. The Labute approximate surface area is 124 Å². The zero-order chi connectivity index (χ0) is 13.8. The number of ether oxygens (including phenoxy) is 1. The van der Waals surface area contributed by atoms with Gasteiger partial charge in [-0.3, -0.25) is 0 Å². The van der Waals surface area contributed by atoms with Crippen LogP contribution in [0.2, 0.25) is 0 Å². The summed E-state index contributed by atoms with van der Waals surface area (Å²) in [5.74, 6) is 0.300. The first-order valence-corrected chi connectivity index (χ1v) is 7.60. The second-order valence-electron chi connectivity index (χ2n) is 4.17. The summed E-state index contributed by atoms with van der Waals surface area (Å²) in [4.78, 5) is 1.09. The number of benzene rings is 1. The van der Waals surface area contributed by atoms with Crippen molar-refractivity contribution in [3.63, 3.8) is 0 Å². The van der Waals surface area contributed by atoms with E-state index in [0.717, 1.165) is 9.35 Å². The molecule has 2 aromatic rings. The lowest BCUT2D eigenvalue weighted by molar-refractivity contribution is 0.307. The molecular formula is C14H15BrFNOS. The Kier molecular flexibility index (Phi) is 4.96. The van der Waals surface area contributed by atoms with Crippen molar-refractivity contribution in [3.8, 4) is 5.75 Å². The van der Waals surface area contributed by atoms with Gasteiger partial charge in [0.1, 0.15) is 18.2 Å². The van der Waals surface area contributed by atoms with E-state index in [-0.39, 0.29) is 11.9 Å². The number of rotatable bonds is 5. The van der Waals surface area contributed by atoms with Crippen molar-refractivity contribution in [2.24, 2.45) is 0 Å². The lowest BCUT2D eigenvalue weighted by Crippen LogP contribution is -2.13. The molecule has 0 bridgehead atoms. The highest BCUT2D eigenvalue weighted by Crippen LogP contribution is 2.26. The fourth-order valence-electron chi connectivity index (χ4n) is 1.68. The van der Waals surface area contributed by atoms with E-state index in [1.54, 1.807) is 23.5 Å². The standard InChI is InChI=1S/C14H15BrFNOS/c1-9(17-2)11-4-3-10(7-13(11)16)18-8-14-12(15)5-6-19-14/h3-7,9,17H,8H2,1-2H3. The number of nitrogens with one attached hydrogen (secondary N) is 1.